The molecule has 1 aliphatic rings. The van der Waals surface area contributed by atoms with Gasteiger partial charge in [0.15, 0.2) is 4.96 Å². The number of aromatic nitrogens is 5. The van der Waals surface area contributed by atoms with Crippen molar-refractivity contribution in [1.29, 1.82) is 0 Å². The maximum absolute atomic E-state index is 4.70. The van der Waals surface area contributed by atoms with Crippen molar-refractivity contribution in [2.75, 3.05) is 6.54 Å². The van der Waals surface area contributed by atoms with E-state index in [2.05, 4.69) is 37.2 Å². The van der Waals surface area contributed by atoms with Crippen LogP contribution in [0.4, 0.5) is 0 Å². The van der Waals surface area contributed by atoms with E-state index in [0.29, 0.717) is 6.04 Å². The third-order valence-corrected chi connectivity index (χ3v) is 4.89. The Morgan fingerprint density at radius 3 is 3.19 bits per heavy atom. The van der Waals surface area contributed by atoms with Gasteiger partial charge in [-0.2, -0.15) is 5.10 Å². The molecule has 3 aromatic heterocycles. The van der Waals surface area contributed by atoms with Crippen LogP contribution < -0.4 is 0 Å². The average molecular weight is 302 g/mol. The fourth-order valence-corrected chi connectivity index (χ4v) is 3.80. The van der Waals surface area contributed by atoms with E-state index in [4.69, 9.17) is 4.98 Å². The van der Waals surface area contributed by atoms with Crippen molar-refractivity contribution in [2.45, 2.75) is 38.4 Å². The second kappa shape index (κ2) is 5.57. The number of hydrogen-bond donors (Lipinski definition) is 0. The second-order valence-electron chi connectivity index (χ2n) is 5.56. The Bertz CT molecular complexity index is 672. The maximum atomic E-state index is 4.70. The molecule has 0 unspecified atom stereocenters. The van der Waals surface area contributed by atoms with Crippen LogP contribution >= 0.6 is 11.3 Å². The Morgan fingerprint density at radius 2 is 2.33 bits per heavy atom. The Hall–Kier alpha value is -1.73. The molecule has 0 saturated carbocycles. The molecule has 0 aromatic carbocycles. The largest absolute Gasteiger partial charge is 0.297 e. The Balaban J connectivity index is 1.49. The van der Waals surface area contributed by atoms with Gasteiger partial charge in [0.25, 0.3) is 0 Å². The van der Waals surface area contributed by atoms with Crippen LogP contribution in [-0.4, -0.2) is 41.6 Å². The van der Waals surface area contributed by atoms with E-state index in [-0.39, 0.29) is 0 Å². The van der Waals surface area contributed by atoms with Gasteiger partial charge in [-0.05, 0) is 19.4 Å². The number of nitrogens with zero attached hydrogens (tertiary/aromatic N) is 6. The van der Waals surface area contributed by atoms with E-state index in [1.165, 1.54) is 19.3 Å². The van der Waals surface area contributed by atoms with Crippen LogP contribution in [0.25, 0.3) is 4.96 Å². The van der Waals surface area contributed by atoms with Crippen molar-refractivity contribution < 1.29 is 0 Å². The maximum Gasteiger partial charge on any atom is 0.193 e. The number of hydrogen-bond acceptors (Lipinski definition) is 5. The molecule has 1 atom stereocenters. The normalized spacial score (nSPS) is 20.3. The molecule has 3 aromatic rings. The zero-order chi connectivity index (χ0) is 14.1. The molecule has 0 amide bonds. The lowest BCUT2D eigenvalue weighted by Crippen LogP contribution is -2.41. The molecule has 21 heavy (non-hydrogen) atoms. The first-order chi connectivity index (χ1) is 10.4. The Labute approximate surface area is 127 Å². The molecular formula is C14H18N6S. The lowest BCUT2D eigenvalue weighted by Gasteiger charge is -2.35. The molecule has 6 nitrogen and oxygen atoms in total. The molecule has 1 saturated heterocycles. The minimum Gasteiger partial charge on any atom is -0.297 e. The highest BCUT2D eigenvalue weighted by Crippen LogP contribution is 2.21. The molecule has 1 fully saturated rings. The molecular weight excluding hydrogens is 284 g/mol. The van der Waals surface area contributed by atoms with Gasteiger partial charge in [-0.15, -0.1) is 11.3 Å². The Morgan fingerprint density at radius 1 is 1.33 bits per heavy atom. The molecule has 0 aliphatic carbocycles. The van der Waals surface area contributed by atoms with Gasteiger partial charge in [-0.25, -0.2) is 9.97 Å². The van der Waals surface area contributed by atoms with Crippen molar-refractivity contribution in [1.82, 2.24) is 29.0 Å². The molecule has 7 heteroatoms. The number of imidazole rings is 1. The summed E-state index contributed by atoms with van der Waals surface area (Å²) in [7, 11) is 0. The van der Waals surface area contributed by atoms with E-state index in [0.717, 1.165) is 30.3 Å². The average Bonchev–Trinajstić information content (AvgIpc) is 3.17. The van der Waals surface area contributed by atoms with E-state index in [1.807, 2.05) is 4.68 Å². The number of piperidine rings is 1. The molecule has 4 heterocycles. The van der Waals surface area contributed by atoms with Crippen LogP contribution in [0.2, 0.25) is 0 Å². The molecule has 4 rings (SSSR count). The number of likely N-dealkylation sites (tertiary alicyclic amines) is 1. The first-order valence-electron chi connectivity index (χ1n) is 7.36. The SMILES string of the molecule is c1ncn(C[C@H]2CCCCN2Cc2cn3ccsc3n2)n1. The summed E-state index contributed by atoms with van der Waals surface area (Å²) in [5.41, 5.74) is 1.16. The van der Waals surface area contributed by atoms with E-state index in [1.54, 1.807) is 24.0 Å². The van der Waals surface area contributed by atoms with Crippen LogP contribution in [0.5, 0.6) is 0 Å². The topological polar surface area (TPSA) is 51.2 Å². The monoisotopic (exact) mass is 302 g/mol. The molecule has 1 aliphatic heterocycles. The van der Waals surface area contributed by atoms with Crippen LogP contribution in [0, 0.1) is 0 Å². The van der Waals surface area contributed by atoms with Crippen molar-refractivity contribution in [3.8, 4) is 0 Å². The van der Waals surface area contributed by atoms with Gasteiger partial charge in [-0.3, -0.25) is 14.0 Å². The molecule has 0 spiro atoms. The predicted molar refractivity (Wildman–Crippen MR) is 81.1 cm³/mol. The smallest absolute Gasteiger partial charge is 0.193 e. The summed E-state index contributed by atoms with van der Waals surface area (Å²) in [6.07, 6.45) is 11.4. The summed E-state index contributed by atoms with van der Waals surface area (Å²) in [5, 5.41) is 6.31. The minimum absolute atomic E-state index is 0.528. The summed E-state index contributed by atoms with van der Waals surface area (Å²) in [5.74, 6) is 0. The van der Waals surface area contributed by atoms with Gasteiger partial charge >= 0.3 is 0 Å². The highest BCUT2D eigenvalue weighted by Gasteiger charge is 2.23. The van der Waals surface area contributed by atoms with Crippen molar-refractivity contribution in [3.05, 3.63) is 36.1 Å². The van der Waals surface area contributed by atoms with Gasteiger partial charge in [0.05, 0.1) is 12.2 Å². The number of rotatable bonds is 4. The highest BCUT2D eigenvalue weighted by atomic mass is 32.1. The van der Waals surface area contributed by atoms with Crippen LogP contribution in [0.15, 0.2) is 30.4 Å². The van der Waals surface area contributed by atoms with Crippen molar-refractivity contribution in [2.24, 2.45) is 0 Å². The molecule has 0 bridgehead atoms. The fourth-order valence-electron chi connectivity index (χ4n) is 3.08. The predicted octanol–water partition coefficient (Wildman–Crippen LogP) is 2.04. The quantitative estimate of drug-likeness (QED) is 0.740. The zero-order valence-corrected chi connectivity index (χ0v) is 12.6. The highest BCUT2D eigenvalue weighted by molar-refractivity contribution is 7.15. The summed E-state index contributed by atoms with van der Waals surface area (Å²) >= 11 is 1.69. The lowest BCUT2D eigenvalue weighted by atomic mass is 10.0. The van der Waals surface area contributed by atoms with E-state index in [9.17, 15) is 0 Å². The standard InChI is InChI=1S/C14H18N6S/c1-2-4-18(13(3-1)9-20-11-15-10-16-20)7-12-8-19-5-6-21-14(19)17-12/h5-6,8,10-11,13H,1-4,7,9H2/t13-/m1/s1. The van der Waals surface area contributed by atoms with Crippen molar-refractivity contribution in [3.63, 3.8) is 0 Å². The van der Waals surface area contributed by atoms with Crippen LogP contribution in [0.3, 0.4) is 0 Å². The first-order valence-corrected chi connectivity index (χ1v) is 8.24. The van der Waals surface area contributed by atoms with Crippen LogP contribution in [-0.2, 0) is 13.1 Å². The number of thiazole rings is 1. The first kappa shape index (κ1) is 13.0. The van der Waals surface area contributed by atoms with Gasteiger partial charge in [0.1, 0.15) is 12.7 Å². The number of fused-ring (bicyclic) bond motifs is 1. The second-order valence-corrected chi connectivity index (χ2v) is 6.44. The summed E-state index contributed by atoms with van der Waals surface area (Å²) in [6, 6.07) is 0.528. The molecule has 0 radical (unpaired) electrons. The van der Waals surface area contributed by atoms with Gasteiger partial charge in [0.2, 0.25) is 0 Å². The van der Waals surface area contributed by atoms with Crippen LogP contribution in [0.1, 0.15) is 25.0 Å². The Kier molecular flexibility index (Phi) is 3.44. The van der Waals surface area contributed by atoms with Crippen molar-refractivity contribution >= 4 is 16.3 Å². The van der Waals surface area contributed by atoms with Gasteiger partial charge in [-0.1, -0.05) is 6.42 Å². The zero-order valence-electron chi connectivity index (χ0n) is 11.8. The van der Waals surface area contributed by atoms with Gasteiger partial charge in [0, 0.05) is 30.4 Å². The third-order valence-electron chi connectivity index (χ3n) is 4.12. The van der Waals surface area contributed by atoms with Gasteiger partial charge < -0.3 is 0 Å². The molecule has 110 valence electrons. The summed E-state index contributed by atoms with van der Waals surface area (Å²) in [4.78, 5) is 12.4. The lowest BCUT2D eigenvalue weighted by molar-refractivity contribution is 0.120. The minimum atomic E-state index is 0.528. The van der Waals surface area contributed by atoms with E-state index >= 15 is 0 Å². The third kappa shape index (κ3) is 2.71. The summed E-state index contributed by atoms with van der Waals surface area (Å²) in [6.45, 7) is 2.99. The van der Waals surface area contributed by atoms with E-state index < -0.39 is 0 Å². The fraction of sp³-hybridized carbons (Fsp3) is 0.500. The molecule has 0 N–H and O–H groups in total. The summed E-state index contributed by atoms with van der Waals surface area (Å²) < 4.78 is 4.05.